The summed E-state index contributed by atoms with van der Waals surface area (Å²) < 4.78 is 5.71. The standard InChI is InChI=1S/C12H26N2O2/c1-13-11(6-7-15)9-14(2)10-12-5-3-4-8-16-12/h11-13,15H,3-10H2,1-2H3. The summed E-state index contributed by atoms with van der Waals surface area (Å²) in [5.74, 6) is 0. The van der Waals surface area contributed by atoms with E-state index in [1.165, 1.54) is 19.3 Å². The van der Waals surface area contributed by atoms with Crippen LogP contribution in [0.15, 0.2) is 0 Å². The number of hydrogen-bond donors (Lipinski definition) is 2. The smallest absolute Gasteiger partial charge is 0.0701 e. The average Bonchev–Trinajstić information content (AvgIpc) is 2.29. The van der Waals surface area contributed by atoms with Crippen molar-refractivity contribution in [2.75, 3.05) is 40.4 Å². The maximum absolute atomic E-state index is 8.92. The molecule has 0 aromatic rings. The van der Waals surface area contributed by atoms with Crippen molar-refractivity contribution < 1.29 is 9.84 Å². The molecule has 0 spiro atoms. The molecule has 1 rings (SSSR count). The highest BCUT2D eigenvalue weighted by molar-refractivity contribution is 4.72. The molecule has 2 unspecified atom stereocenters. The fraction of sp³-hybridized carbons (Fsp3) is 1.00. The molecule has 1 heterocycles. The quantitative estimate of drug-likeness (QED) is 0.667. The minimum absolute atomic E-state index is 0.249. The van der Waals surface area contributed by atoms with E-state index in [4.69, 9.17) is 9.84 Å². The fourth-order valence-corrected chi connectivity index (χ4v) is 2.23. The number of nitrogens with one attached hydrogen (secondary N) is 1. The fourth-order valence-electron chi connectivity index (χ4n) is 2.23. The summed E-state index contributed by atoms with van der Waals surface area (Å²) >= 11 is 0. The van der Waals surface area contributed by atoms with Crippen molar-refractivity contribution in [3.63, 3.8) is 0 Å². The highest BCUT2D eigenvalue weighted by Gasteiger charge is 2.17. The Morgan fingerprint density at radius 3 is 2.88 bits per heavy atom. The summed E-state index contributed by atoms with van der Waals surface area (Å²) in [6, 6.07) is 0.374. The third-order valence-corrected chi connectivity index (χ3v) is 3.21. The second kappa shape index (κ2) is 8.01. The van der Waals surface area contributed by atoms with E-state index in [0.717, 1.165) is 26.1 Å². The summed E-state index contributed by atoms with van der Waals surface area (Å²) in [7, 11) is 4.07. The van der Waals surface area contributed by atoms with Gasteiger partial charge in [0.15, 0.2) is 0 Å². The third kappa shape index (κ3) is 5.25. The molecule has 0 amide bonds. The Balaban J connectivity index is 2.19. The molecule has 0 aromatic carbocycles. The number of nitrogens with zero attached hydrogens (tertiary/aromatic N) is 1. The first-order valence-electron chi connectivity index (χ1n) is 6.34. The molecule has 1 aliphatic rings. The minimum atomic E-state index is 0.249. The summed E-state index contributed by atoms with van der Waals surface area (Å²) in [5, 5.41) is 12.1. The summed E-state index contributed by atoms with van der Waals surface area (Å²) in [6.07, 6.45) is 4.92. The van der Waals surface area contributed by atoms with Crippen LogP contribution >= 0.6 is 0 Å². The van der Waals surface area contributed by atoms with Gasteiger partial charge in [-0.15, -0.1) is 0 Å². The topological polar surface area (TPSA) is 44.7 Å². The SMILES string of the molecule is CNC(CCO)CN(C)CC1CCCCO1. The Morgan fingerprint density at radius 2 is 2.31 bits per heavy atom. The van der Waals surface area contributed by atoms with Gasteiger partial charge >= 0.3 is 0 Å². The van der Waals surface area contributed by atoms with Crippen molar-refractivity contribution in [3.8, 4) is 0 Å². The van der Waals surface area contributed by atoms with E-state index in [2.05, 4.69) is 17.3 Å². The van der Waals surface area contributed by atoms with E-state index >= 15 is 0 Å². The molecule has 1 saturated heterocycles. The molecule has 0 aliphatic carbocycles. The first-order valence-corrected chi connectivity index (χ1v) is 6.34. The van der Waals surface area contributed by atoms with Crippen molar-refractivity contribution in [2.45, 2.75) is 37.8 Å². The number of rotatable bonds is 7. The number of hydrogen-bond acceptors (Lipinski definition) is 4. The van der Waals surface area contributed by atoms with Crippen LogP contribution in [0.5, 0.6) is 0 Å². The van der Waals surface area contributed by atoms with Gasteiger partial charge in [0, 0.05) is 32.3 Å². The monoisotopic (exact) mass is 230 g/mol. The molecule has 2 N–H and O–H groups in total. The van der Waals surface area contributed by atoms with E-state index in [9.17, 15) is 0 Å². The first kappa shape index (κ1) is 13.9. The van der Waals surface area contributed by atoms with Crippen molar-refractivity contribution >= 4 is 0 Å². The summed E-state index contributed by atoms with van der Waals surface area (Å²) in [5.41, 5.74) is 0. The van der Waals surface area contributed by atoms with Crippen LogP contribution in [0.4, 0.5) is 0 Å². The molecular weight excluding hydrogens is 204 g/mol. The van der Waals surface area contributed by atoms with Gasteiger partial charge < -0.3 is 20.1 Å². The predicted octanol–water partition coefficient (Wildman–Crippen LogP) is 0.458. The molecule has 0 bridgehead atoms. The summed E-state index contributed by atoms with van der Waals surface area (Å²) in [4.78, 5) is 2.30. The predicted molar refractivity (Wildman–Crippen MR) is 65.6 cm³/mol. The molecule has 0 saturated carbocycles. The zero-order valence-corrected chi connectivity index (χ0v) is 10.6. The Bertz CT molecular complexity index is 166. The zero-order valence-electron chi connectivity index (χ0n) is 10.6. The second-order valence-corrected chi connectivity index (χ2v) is 4.71. The van der Waals surface area contributed by atoms with E-state index in [1.807, 2.05) is 7.05 Å². The molecule has 1 aliphatic heterocycles. The Morgan fingerprint density at radius 1 is 1.50 bits per heavy atom. The van der Waals surface area contributed by atoms with Crippen LogP contribution in [0.1, 0.15) is 25.7 Å². The number of likely N-dealkylation sites (N-methyl/N-ethyl adjacent to an activating group) is 2. The van der Waals surface area contributed by atoms with Crippen molar-refractivity contribution in [3.05, 3.63) is 0 Å². The van der Waals surface area contributed by atoms with Crippen molar-refractivity contribution in [1.82, 2.24) is 10.2 Å². The molecular formula is C12H26N2O2. The van der Waals surface area contributed by atoms with Crippen LogP contribution in [0.25, 0.3) is 0 Å². The first-order chi connectivity index (χ1) is 7.76. The van der Waals surface area contributed by atoms with Crippen LogP contribution in [0.2, 0.25) is 0 Å². The highest BCUT2D eigenvalue weighted by atomic mass is 16.5. The van der Waals surface area contributed by atoms with E-state index in [1.54, 1.807) is 0 Å². The lowest BCUT2D eigenvalue weighted by atomic mass is 10.1. The number of aliphatic hydroxyl groups is 1. The van der Waals surface area contributed by atoms with Gasteiger partial charge in [0.2, 0.25) is 0 Å². The van der Waals surface area contributed by atoms with Gasteiger partial charge in [-0.05, 0) is 39.8 Å². The van der Waals surface area contributed by atoms with Gasteiger partial charge in [0.1, 0.15) is 0 Å². The highest BCUT2D eigenvalue weighted by Crippen LogP contribution is 2.13. The van der Waals surface area contributed by atoms with Crippen molar-refractivity contribution in [2.24, 2.45) is 0 Å². The van der Waals surface area contributed by atoms with Gasteiger partial charge in [0.25, 0.3) is 0 Å². The van der Waals surface area contributed by atoms with Crippen LogP contribution in [0, 0.1) is 0 Å². The molecule has 4 nitrogen and oxygen atoms in total. The maximum Gasteiger partial charge on any atom is 0.0701 e. The van der Waals surface area contributed by atoms with E-state index in [0.29, 0.717) is 12.1 Å². The Hall–Kier alpha value is -0.160. The lowest BCUT2D eigenvalue weighted by Gasteiger charge is -2.29. The Kier molecular flexibility index (Phi) is 6.96. The van der Waals surface area contributed by atoms with Crippen LogP contribution in [-0.4, -0.2) is 62.6 Å². The number of ether oxygens (including phenoxy) is 1. The largest absolute Gasteiger partial charge is 0.396 e. The lowest BCUT2D eigenvalue weighted by molar-refractivity contribution is -0.00278. The van der Waals surface area contributed by atoms with Crippen molar-refractivity contribution in [1.29, 1.82) is 0 Å². The second-order valence-electron chi connectivity index (χ2n) is 4.71. The van der Waals surface area contributed by atoms with Crippen LogP contribution in [0.3, 0.4) is 0 Å². The normalized spacial score (nSPS) is 23.6. The minimum Gasteiger partial charge on any atom is -0.396 e. The molecule has 1 fully saturated rings. The van der Waals surface area contributed by atoms with Gasteiger partial charge in [-0.1, -0.05) is 0 Å². The zero-order chi connectivity index (χ0) is 11.8. The third-order valence-electron chi connectivity index (χ3n) is 3.21. The molecule has 16 heavy (non-hydrogen) atoms. The Labute approximate surface area is 99.0 Å². The number of aliphatic hydroxyl groups excluding tert-OH is 1. The lowest BCUT2D eigenvalue weighted by Crippen LogP contribution is -2.42. The molecule has 96 valence electrons. The van der Waals surface area contributed by atoms with Crippen LogP contribution < -0.4 is 5.32 Å². The molecule has 4 heteroatoms. The van der Waals surface area contributed by atoms with Gasteiger partial charge in [-0.3, -0.25) is 0 Å². The summed E-state index contributed by atoms with van der Waals surface area (Å²) in [6.45, 7) is 3.14. The van der Waals surface area contributed by atoms with Gasteiger partial charge in [-0.25, -0.2) is 0 Å². The molecule has 0 radical (unpaired) electrons. The van der Waals surface area contributed by atoms with E-state index in [-0.39, 0.29) is 6.61 Å². The maximum atomic E-state index is 8.92. The van der Waals surface area contributed by atoms with E-state index < -0.39 is 0 Å². The van der Waals surface area contributed by atoms with Crippen LogP contribution in [-0.2, 0) is 4.74 Å². The van der Waals surface area contributed by atoms with Gasteiger partial charge in [-0.2, -0.15) is 0 Å². The average molecular weight is 230 g/mol. The molecule has 0 aromatic heterocycles. The van der Waals surface area contributed by atoms with Gasteiger partial charge in [0.05, 0.1) is 6.10 Å². The molecule has 2 atom stereocenters.